The molecule has 0 aliphatic carbocycles. The van der Waals surface area contributed by atoms with E-state index in [4.69, 9.17) is 5.11 Å². The molecule has 3 heteroatoms. The summed E-state index contributed by atoms with van der Waals surface area (Å²) in [7, 11) is 0. The van der Waals surface area contributed by atoms with Crippen LogP contribution in [0.3, 0.4) is 0 Å². The topological polar surface area (TPSA) is 50.2 Å². The normalized spacial score (nSPS) is 10.6. The lowest BCUT2D eigenvalue weighted by Gasteiger charge is -2.07. The predicted octanol–water partition coefficient (Wildman–Crippen LogP) is 2.80. The average Bonchev–Trinajstić information content (AvgIpc) is 2.26. The van der Waals surface area contributed by atoms with Gasteiger partial charge in [-0.15, -0.1) is 0 Å². The van der Waals surface area contributed by atoms with Crippen LogP contribution in [0.1, 0.15) is 28.5 Å². The number of nitrogens with zero attached hydrogens (tertiary/aromatic N) is 1. The maximum absolute atomic E-state index is 11.1. The van der Waals surface area contributed by atoms with E-state index in [0.29, 0.717) is 5.52 Å². The number of carboxylic acids is 1. The van der Waals surface area contributed by atoms with Crippen molar-refractivity contribution < 1.29 is 9.90 Å². The van der Waals surface area contributed by atoms with Gasteiger partial charge in [-0.2, -0.15) is 0 Å². The Labute approximate surface area is 93.7 Å². The van der Waals surface area contributed by atoms with Crippen LogP contribution in [0.2, 0.25) is 0 Å². The number of pyridine rings is 1. The molecular formula is C13H13NO2. The lowest BCUT2D eigenvalue weighted by atomic mass is 10.0. The van der Waals surface area contributed by atoms with Gasteiger partial charge in [0.1, 0.15) is 0 Å². The van der Waals surface area contributed by atoms with E-state index in [1.807, 2.05) is 19.1 Å². The van der Waals surface area contributed by atoms with Crippen LogP contribution in [0, 0.1) is 6.92 Å². The van der Waals surface area contributed by atoms with Gasteiger partial charge >= 0.3 is 5.97 Å². The van der Waals surface area contributed by atoms with Gasteiger partial charge in [-0.1, -0.05) is 19.1 Å². The quantitative estimate of drug-likeness (QED) is 0.838. The van der Waals surface area contributed by atoms with E-state index in [2.05, 4.69) is 11.9 Å². The summed E-state index contributed by atoms with van der Waals surface area (Å²) < 4.78 is 0. The summed E-state index contributed by atoms with van der Waals surface area (Å²) in [6.45, 7) is 3.94. The van der Waals surface area contributed by atoms with Crippen LogP contribution >= 0.6 is 0 Å². The molecule has 3 nitrogen and oxygen atoms in total. The Morgan fingerprint density at radius 1 is 1.44 bits per heavy atom. The molecule has 1 aromatic carbocycles. The van der Waals surface area contributed by atoms with E-state index in [9.17, 15) is 4.79 Å². The summed E-state index contributed by atoms with van der Waals surface area (Å²) in [5.41, 5.74) is 2.87. The van der Waals surface area contributed by atoms with E-state index in [0.717, 1.165) is 23.1 Å². The fraction of sp³-hybridized carbons (Fsp3) is 0.231. The smallest absolute Gasteiger partial charge is 0.337 e. The molecule has 1 N–H and O–H groups in total. The minimum Gasteiger partial charge on any atom is -0.478 e. The number of hydrogen-bond acceptors (Lipinski definition) is 2. The average molecular weight is 215 g/mol. The standard InChI is InChI=1S/C13H13NO2/c1-3-9-7-8(2)14-12-10(9)5-4-6-11(12)13(15)16/h4-7H,3H2,1-2H3,(H,15,16). The third-order valence-electron chi connectivity index (χ3n) is 2.66. The lowest BCUT2D eigenvalue weighted by Crippen LogP contribution is -2.01. The molecular weight excluding hydrogens is 202 g/mol. The highest BCUT2D eigenvalue weighted by atomic mass is 16.4. The van der Waals surface area contributed by atoms with Gasteiger partial charge in [0.15, 0.2) is 0 Å². The predicted molar refractivity (Wildman–Crippen MR) is 62.8 cm³/mol. The van der Waals surface area contributed by atoms with Gasteiger partial charge in [0.2, 0.25) is 0 Å². The summed E-state index contributed by atoms with van der Waals surface area (Å²) in [6.07, 6.45) is 0.878. The number of carbonyl (C=O) groups is 1. The van der Waals surface area contributed by atoms with Crippen LogP contribution in [-0.2, 0) is 6.42 Å². The fourth-order valence-electron chi connectivity index (χ4n) is 1.93. The molecule has 0 fully saturated rings. The monoisotopic (exact) mass is 215 g/mol. The van der Waals surface area contributed by atoms with Gasteiger partial charge in [0.05, 0.1) is 11.1 Å². The molecule has 1 aromatic heterocycles. The zero-order chi connectivity index (χ0) is 11.7. The van der Waals surface area contributed by atoms with Gasteiger partial charge in [-0.05, 0) is 31.0 Å². The van der Waals surface area contributed by atoms with Crippen molar-refractivity contribution in [2.75, 3.05) is 0 Å². The number of hydrogen-bond donors (Lipinski definition) is 1. The second kappa shape index (κ2) is 3.93. The summed E-state index contributed by atoms with van der Waals surface area (Å²) in [5.74, 6) is -0.925. The molecule has 2 aromatic rings. The highest BCUT2D eigenvalue weighted by Gasteiger charge is 2.11. The Morgan fingerprint density at radius 3 is 2.81 bits per heavy atom. The van der Waals surface area contributed by atoms with Gasteiger partial charge < -0.3 is 5.11 Å². The van der Waals surface area contributed by atoms with Gasteiger partial charge in [0.25, 0.3) is 0 Å². The highest BCUT2D eigenvalue weighted by molar-refractivity contribution is 6.02. The molecule has 2 rings (SSSR count). The minimum absolute atomic E-state index is 0.274. The molecule has 0 spiro atoms. The molecule has 0 amide bonds. The molecule has 0 radical (unpaired) electrons. The van der Waals surface area contributed by atoms with E-state index < -0.39 is 5.97 Å². The number of fused-ring (bicyclic) bond motifs is 1. The van der Waals surface area contributed by atoms with Crippen LogP contribution < -0.4 is 0 Å². The third-order valence-corrected chi connectivity index (χ3v) is 2.66. The molecule has 0 unspecified atom stereocenters. The second-order valence-corrected chi connectivity index (χ2v) is 3.78. The largest absolute Gasteiger partial charge is 0.478 e. The SMILES string of the molecule is CCc1cc(C)nc2c(C(=O)O)cccc12. The van der Waals surface area contributed by atoms with E-state index in [-0.39, 0.29) is 5.56 Å². The van der Waals surface area contributed by atoms with Crippen molar-refractivity contribution in [2.45, 2.75) is 20.3 Å². The highest BCUT2D eigenvalue weighted by Crippen LogP contribution is 2.22. The summed E-state index contributed by atoms with van der Waals surface area (Å²) in [5, 5.41) is 10.0. The number of para-hydroxylation sites is 1. The first-order valence-electron chi connectivity index (χ1n) is 5.26. The molecule has 0 atom stereocenters. The van der Waals surface area contributed by atoms with Crippen molar-refractivity contribution in [3.05, 3.63) is 41.1 Å². The maximum atomic E-state index is 11.1. The zero-order valence-electron chi connectivity index (χ0n) is 9.32. The summed E-state index contributed by atoms with van der Waals surface area (Å²) in [6, 6.07) is 7.29. The Kier molecular flexibility index (Phi) is 2.60. The second-order valence-electron chi connectivity index (χ2n) is 3.78. The molecule has 0 aliphatic rings. The molecule has 82 valence electrons. The summed E-state index contributed by atoms with van der Waals surface area (Å²) >= 11 is 0. The number of carboxylic acid groups (broad SMARTS) is 1. The molecule has 1 heterocycles. The Balaban J connectivity index is 2.87. The Bertz CT molecular complexity index is 561. The van der Waals surface area contributed by atoms with Crippen molar-refractivity contribution in [3.8, 4) is 0 Å². The van der Waals surface area contributed by atoms with Crippen LogP contribution in [0.15, 0.2) is 24.3 Å². The van der Waals surface area contributed by atoms with Gasteiger partial charge in [-0.3, -0.25) is 4.98 Å². The minimum atomic E-state index is -0.925. The van der Waals surface area contributed by atoms with Gasteiger partial charge in [-0.25, -0.2) is 4.79 Å². The molecule has 0 bridgehead atoms. The maximum Gasteiger partial charge on any atom is 0.337 e. The Morgan fingerprint density at radius 2 is 2.19 bits per heavy atom. The van der Waals surface area contributed by atoms with Crippen molar-refractivity contribution in [3.63, 3.8) is 0 Å². The Hall–Kier alpha value is -1.90. The molecule has 0 saturated heterocycles. The summed E-state index contributed by atoms with van der Waals surface area (Å²) in [4.78, 5) is 15.4. The van der Waals surface area contributed by atoms with Crippen LogP contribution in [0.5, 0.6) is 0 Å². The number of aryl methyl sites for hydroxylation is 2. The molecule has 16 heavy (non-hydrogen) atoms. The van der Waals surface area contributed by atoms with Crippen LogP contribution in [0.25, 0.3) is 10.9 Å². The lowest BCUT2D eigenvalue weighted by molar-refractivity contribution is 0.0699. The fourth-order valence-corrected chi connectivity index (χ4v) is 1.93. The first kappa shape index (κ1) is 10.6. The number of aromatic carboxylic acids is 1. The number of benzene rings is 1. The van der Waals surface area contributed by atoms with E-state index >= 15 is 0 Å². The van der Waals surface area contributed by atoms with Crippen molar-refractivity contribution >= 4 is 16.9 Å². The van der Waals surface area contributed by atoms with E-state index in [1.54, 1.807) is 12.1 Å². The molecule has 0 aliphatic heterocycles. The third kappa shape index (κ3) is 1.65. The van der Waals surface area contributed by atoms with Crippen molar-refractivity contribution in [1.29, 1.82) is 0 Å². The van der Waals surface area contributed by atoms with Crippen LogP contribution in [0.4, 0.5) is 0 Å². The number of rotatable bonds is 2. The van der Waals surface area contributed by atoms with Gasteiger partial charge in [0, 0.05) is 11.1 Å². The van der Waals surface area contributed by atoms with Crippen LogP contribution in [-0.4, -0.2) is 16.1 Å². The molecule has 0 saturated carbocycles. The first-order valence-corrected chi connectivity index (χ1v) is 5.26. The van der Waals surface area contributed by atoms with Crippen molar-refractivity contribution in [1.82, 2.24) is 4.98 Å². The number of aromatic nitrogens is 1. The zero-order valence-corrected chi connectivity index (χ0v) is 9.32. The van der Waals surface area contributed by atoms with E-state index in [1.165, 1.54) is 0 Å². The van der Waals surface area contributed by atoms with Crippen molar-refractivity contribution in [2.24, 2.45) is 0 Å². The first-order chi connectivity index (χ1) is 7.63.